The summed E-state index contributed by atoms with van der Waals surface area (Å²) in [5.41, 5.74) is 2.65. The van der Waals surface area contributed by atoms with E-state index in [0.29, 0.717) is 16.8 Å². The van der Waals surface area contributed by atoms with Crippen molar-refractivity contribution in [2.45, 2.75) is 39.7 Å². The number of pyridine rings is 1. The number of carbonyl (C=O) groups is 2. The molecule has 24 heavy (non-hydrogen) atoms. The van der Waals surface area contributed by atoms with E-state index in [1.54, 1.807) is 6.07 Å². The van der Waals surface area contributed by atoms with E-state index in [4.69, 9.17) is 0 Å². The van der Waals surface area contributed by atoms with Crippen LogP contribution in [0.5, 0.6) is 0 Å². The van der Waals surface area contributed by atoms with Gasteiger partial charge < -0.3 is 10.6 Å². The van der Waals surface area contributed by atoms with Crippen LogP contribution in [0.2, 0.25) is 0 Å². The number of nitrogens with zero attached hydrogens (tertiary/aromatic N) is 1. The first-order valence-electron chi connectivity index (χ1n) is 8.19. The molecular weight excluding hydrogens is 302 g/mol. The SMILES string of the molecule is CCc1ccc(NC(=O)c2cncc(C(=O)NC(C)CC)c2)cc1. The van der Waals surface area contributed by atoms with Crippen LogP contribution in [-0.2, 0) is 6.42 Å². The van der Waals surface area contributed by atoms with Crippen LogP contribution in [0.1, 0.15) is 53.5 Å². The van der Waals surface area contributed by atoms with Crippen molar-refractivity contribution in [1.82, 2.24) is 10.3 Å². The molecule has 0 aliphatic rings. The summed E-state index contributed by atoms with van der Waals surface area (Å²) < 4.78 is 0. The molecule has 1 heterocycles. The molecule has 0 saturated heterocycles. The summed E-state index contributed by atoms with van der Waals surface area (Å²) in [5, 5.41) is 5.68. The molecule has 0 aliphatic heterocycles. The van der Waals surface area contributed by atoms with Gasteiger partial charge in [-0.1, -0.05) is 26.0 Å². The van der Waals surface area contributed by atoms with E-state index >= 15 is 0 Å². The molecule has 1 aromatic carbocycles. The van der Waals surface area contributed by atoms with Gasteiger partial charge in [-0.05, 0) is 43.5 Å². The smallest absolute Gasteiger partial charge is 0.257 e. The fourth-order valence-corrected chi connectivity index (χ4v) is 2.12. The fraction of sp³-hybridized carbons (Fsp3) is 0.316. The van der Waals surface area contributed by atoms with Crippen molar-refractivity contribution < 1.29 is 9.59 Å². The van der Waals surface area contributed by atoms with Crippen LogP contribution in [0.4, 0.5) is 5.69 Å². The Hall–Kier alpha value is -2.69. The Morgan fingerprint density at radius 2 is 1.67 bits per heavy atom. The first-order chi connectivity index (χ1) is 11.5. The van der Waals surface area contributed by atoms with Crippen LogP contribution < -0.4 is 10.6 Å². The summed E-state index contributed by atoms with van der Waals surface area (Å²) in [6, 6.07) is 9.31. The van der Waals surface area contributed by atoms with Gasteiger partial charge in [0.1, 0.15) is 0 Å². The number of anilines is 1. The van der Waals surface area contributed by atoms with E-state index in [2.05, 4.69) is 22.5 Å². The number of benzene rings is 1. The van der Waals surface area contributed by atoms with E-state index in [-0.39, 0.29) is 17.9 Å². The second-order valence-electron chi connectivity index (χ2n) is 5.75. The maximum Gasteiger partial charge on any atom is 0.257 e. The van der Waals surface area contributed by atoms with E-state index in [1.807, 2.05) is 38.1 Å². The summed E-state index contributed by atoms with van der Waals surface area (Å²) in [4.78, 5) is 28.5. The second kappa shape index (κ2) is 8.24. The van der Waals surface area contributed by atoms with E-state index in [0.717, 1.165) is 12.8 Å². The molecule has 5 nitrogen and oxygen atoms in total. The highest BCUT2D eigenvalue weighted by Gasteiger charge is 2.13. The molecule has 0 bridgehead atoms. The van der Waals surface area contributed by atoms with Gasteiger partial charge in [0.25, 0.3) is 11.8 Å². The highest BCUT2D eigenvalue weighted by Crippen LogP contribution is 2.12. The van der Waals surface area contributed by atoms with Crippen molar-refractivity contribution >= 4 is 17.5 Å². The number of carbonyl (C=O) groups excluding carboxylic acids is 2. The average Bonchev–Trinajstić information content (AvgIpc) is 2.62. The molecule has 1 aromatic heterocycles. The Morgan fingerprint density at radius 1 is 1.04 bits per heavy atom. The van der Waals surface area contributed by atoms with Crippen LogP contribution in [0.15, 0.2) is 42.7 Å². The van der Waals surface area contributed by atoms with Gasteiger partial charge in [-0.15, -0.1) is 0 Å². The molecule has 126 valence electrons. The summed E-state index contributed by atoms with van der Waals surface area (Å²) in [7, 11) is 0. The Morgan fingerprint density at radius 3 is 2.25 bits per heavy atom. The standard InChI is InChI=1S/C19H23N3O2/c1-4-13(3)21-18(23)15-10-16(12-20-11-15)19(24)22-17-8-6-14(5-2)7-9-17/h6-13H,4-5H2,1-3H3,(H,21,23)(H,22,24). The van der Waals surface area contributed by atoms with Crippen molar-refractivity contribution in [3.8, 4) is 0 Å². The molecular formula is C19H23N3O2. The third-order valence-corrected chi connectivity index (χ3v) is 3.87. The quantitative estimate of drug-likeness (QED) is 0.855. The lowest BCUT2D eigenvalue weighted by atomic mass is 10.1. The largest absolute Gasteiger partial charge is 0.350 e. The van der Waals surface area contributed by atoms with Crippen LogP contribution in [0, 0.1) is 0 Å². The molecule has 2 amide bonds. The number of hydrogen-bond donors (Lipinski definition) is 2. The Balaban J connectivity index is 2.09. The van der Waals surface area contributed by atoms with Crippen LogP contribution >= 0.6 is 0 Å². The second-order valence-corrected chi connectivity index (χ2v) is 5.75. The Bertz CT molecular complexity index is 711. The van der Waals surface area contributed by atoms with Crippen LogP contribution in [-0.4, -0.2) is 22.8 Å². The number of rotatable bonds is 6. The molecule has 5 heteroatoms. The maximum atomic E-state index is 12.3. The summed E-state index contributed by atoms with van der Waals surface area (Å²) in [6.45, 7) is 6.01. The van der Waals surface area contributed by atoms with Gasteiger partial charge in [-0.2, -0.15) is 0 Å². The minimum atomic E-state index is -0.287. The average molecular weight is 325 g/mol. The van der Waals surface area contributed by atoms with Gasteiger partial charge in [0.2, 0.25) is 0 Å². The zero-order valence-electron chi connectivity index (χ0n) is 14.3. The molecule has 2 aromatic rings. The third kappa shape index (κ3) is 4.65. The fourth-order valence-electron chi connectivity index (χ4n) is 2.12. The first-order valence-corrected chi connectivity index (χ1v) is 8.19. The third-order valence-electron chi connectivity index (χ3n) is 3.87. The first kappa shape index (κ1) is 17.7. The Labute approximate surface area is 142 Å². The normalized spacial score (nSPS) is 11.6. The van der Waals surface area contributed by atoms with Gasteiger partial charge in [0.05, 0.1) is 11.1 Å². The number of hydrogen-bond acceptors (Lipinski definition) is 3. The van der Waals surface area contributed by atoms with E-state index < -0.39 is 0 Å². The van der Waals surface area contributed by atoms with Crippen molar-refractivity contribution in [2.75, 3.05) is 5.32 Å². The predicted octanol–water partition coefficient (Wildman–Crippen LogP) is 3.42. The van der Waals surface area contributed by atoms with Gasteiger partial charge in [-0.25, -0.2) is 0 Å². The Kier molecular flexibility index (Phi) is 6.07. The lowest BCUT2D eigenvalue weighted by molar-refractivity contribution is 0.0939. The molecule has 1 atom stereocenters. The minimum Gasteiger partial charge on any atom is -0.350 e. The van der Waals surface area contributed by atoms with Crippen molar-refractivity contribution in [3.05, 3.63) is 59.4 Å². The predicted molar refractivity (Wildman–Crippen MR) is 95.2 cm³/mol. The minimum absolute atomic E-state index is 0.0760. The van der Waals surface area contributed by atoms with Crippen molar-refractivity contribution in [1.29, 1.82) is 0 Å². The zero-order chi connectivity index (χ0) is 17.5. The molecule has 2 rings (SSSR count). The number of aromatic nitrogens is 1. The van der Waals surface area contributed by atoms with Gasteiger partial charge >= 0.3 is 0 Å². The van der Waals surface area contributed by atoms with Gasteiger partial charge in [0.15, 0.2) is 0 Å². The monoisotopic (exact) mass is 325 g/mol. The summed E-state index contributed by atoms with van der Waals surface area (Å²) >= 11 is 0. The van der Waals surface area contributed by atoms with E-state index in [9.17, 15) is 9.59 Å². The van der Waals surface area contributed by atoms with Gasteiger partial charge in [0, 0.05) is 24.1 Å². The van der Waals surface area contributed by atoms with Crippen LogP contribution in [0.3, 0.4) is 0 Å². The van der Waals surface area contributed by atoms with Gasteiger partial charge in [-0.3, -0.25) is 14.6 Å². The van der Waals surface area contributed by atoms with Crippen LogP contribution in [0.25, 0.3) is 0 Å². The van der Waals surface area contributed by atoms with E-state index in [1.165, 1.54) is 18.0 Å². The summed E-state index contributed by atoms with van der Waals surface area (Å²) in [5.74, 6) is -0.510. The highest BCUT2D eigenvalue weighted by atomic mass is 16.2. The number of amides is 2. The molecule has 0 radical (unpaired) electrons. The number of aryl methyl sites for hydroxylation is 1. The molecule has 0 spiro atoms. The molecule has 1 unspecified atom stereocenters. The molecule has 2 N–H and O–H groups in total. The molecule has 0 fully saturated rings. The lowest BCUT2D eigenvalue weighted by Crippen LogP contribution is -2.32. The lowest BCUT2D eigenvalue weighted by Gasteiger charge is -2.11. The molecule has 0 aliphatic carbocycles. The highest BCUT2D eigenvalue weighted by molar-refractivity contribution is 6.05. The number of nitrogens with one attached hydrogen (secondary N) is 2. The topological polar surface area (TPSA) is 71.1 Å². The maximum absolute atomic E-state index is 12.3. The summed E-state index contributed by atoms with van der Waals surface area (Å²) in [6.07, 6.45) is 4.71. The zero-order valence-corrected chi connectivity index (χ0v) is 14.3. The molecule has 0 saturated carbocycles. The van der Waals surface area contributed by atoms with Crippen molar-refractivity contribution in [3.63, 3.8) is 0 Å². The van der Waals surface area contributed by atoms with Crippen molar-refractivity contribution in [2.24, 2.45) is 0 Å².